The predicted octanol–water partition coefficient (Wildman–Crippen LogP) is 7.07. The minimum Gasteiger partial charge on any atom is -0.497 e. The number of ether oxygens (including phenoxy) is 2. The summed E-state index contributed by atoms with van der Waals surface area (Å²) in [7, 11) is 1.61. The highest BCUT2D eigenvalue weighted by Gasteiger charge is 2.59. The topological polar surface area (TPSA) is 71.0 Å². The molecule has 0 radical (unpaired) electrons. The number of methoxy groups -OCH3 is 1. The summed E-state index contributed by atoms with van der Waals surface area (Å²) in [5.41, 5.74) is 0.774. The zero-order valence-corrected chi connectivity index (χ0v) is 23.8. The average molecular weight is 558 g/mol. The second-order valence-electron chi connectivity index (χ2n) is 10.3. The van der Waals surface area contributed by atoms with Crippen LogP contribution in [0.25, 0.3) is 0 Å². The normalized spacial score (nSPS) is 21.7. The lowest BCUT2D eigenvalue weighted by molar-refractivity contribution is -0.146. The van der Waals surface area contributed by atoms with Gasteiger partial charge in [0.2, 0.25) is 0 Å². The van der Waals surface area contributed by atoms with Gasteiger partial charge in [-0.25, -0.2) is 4.79 Å². The van der Waals surface area contributed by atoms with Crippen LogP contribution < -0.4 is 14.8 Å². The molecule has 3 aromatic rings. The van der Waals surface area contributed by atoms with Crippen LogP contribution >= 0.6 is 23.2 Å². The fourth-order valence-electron chi connectivity index (χ4n) is 5.23. The Kier molecular flexibility index (Phi) is 8.58. The van der Waals surface area contributed by atoms with Crippen LogP contribution in [0.2, 0.25) is 10.0 Å². The van der Waals surface area contributed by atoms with Crippen LogP contribution in [-0.4, -0.2) is 35.7 Å². The van der Waals surface area contributed by atoms with E-state index < -0.39 is 23.7 Å². The largest absolute Gasteiger partial charge is 0.497 e. The highest BCUT2D eigenvalue weighted by Crippen LogP contribution is 2.52. The molecule has 2 N–H and O–H groups in total. The van der Waals surface area contributed by atoms with Crippen molar-refractivity contribution in [2.75, 3.05) is 13.7 Å². The summed E-state index contributed by atoms with van der Waals surface area (Å²) in [5.74, 6) is 0.555. The standard InChI is InChI=1S/C30H34Cl2N2O4/c1-18(2)17-34-27(20-6-10-22(31)11-7-20)30(29(35)36,21-8-12-23(32)13-9-21)33-28(34)25-15-14-24(37-5)16-26(25)38-19(3)4/h6-16,18-19,27-28,33H,17H2,1-5H3,(H,35,36)/t27?,28-,30-/m0/s1. The van der Waals surface area contributed by atoms with Crippen molar-refractivity contribution in [3.63, 3.8) is 0 Å². The third-order valence-electron chi connectivity index (χ3n) is 6.71. The first kappa shape index (κ1) is 28.2. The van der Waals surface area contributed by atoms with E-state index in [1.807, 2.05) is 44.2 Å². The Morgan fingerprint density at radius 2 is 1.61 bits per heavy atom. The summed E-state index contributed by atoms with van der Waals surface area (Å²) in [6.45, 7) is 8.80. The van der Waals surface area contributed by atoms with Gasteiger partial charge in [0.1, 0.15) is 11.5 Å². The molecule has 0 spiro atoms. The van der Waals surface area contributed by atoms with Crippen molar-refractivity contribution < 1.29 is 19.4 Å². The monoisotopic (exact) mass is 556 g/mol. The molecule has 1 heterocycles. The van der Waals surface area contributed by atoms with E-state index in [-0.39, 0.29) is 12.0 Å². The zero-order chi connectivity index (χ0) is 27.6. The number of nitrogens with zero attached hydrogens (tertiary/aromatic N) is 1. The highest BCUT2D eigenvalue weighted by molar-refractivity contribution is 6.30. The van der Waals surface area contributed by atoms with Crippen LogP contribution in [0.5, 0.6) is 11.5 Å². The van der Waals surface area contributed by atoms with Crippen molar-refractivity contribution in [3.05, 3.63) is 93.5 Å². The molecule has 38 heavy (non-hydrogen) atoms. The molecule has 0 saturated carbocycles. The number of hydrogen-bond donors (Lipinski definition) is 2. The second-order valence-corrected chi connectivity index (χ2v) is 11.2. The predicted molar refractivity (Wildman–Crippen MR) is 151 cm³/mol. The van der Waals surface area contributed by atoms with Gasteiger partial charge in [0.25, 0.3) is 0 Å². The van der Waals surface area contributed by atoms with E-state index in [0.717, 1.165) is 11.1 Å². The summed E-state index contributed by atoms with van der Waals surface area (Å²) in [5, 5.41) is 15.7. The molecule has 3 atom stereocenters. The lowest BCUT2D eigenvalue weighted by Gasteiger charge is -2.36. The van der Waals surface area contributed by atoms with Crippen LogP contribution in [-0.2, 0) is 10.3 Å². The summed E-state index contributed by atoms with van der Waals surface area (Å²) in [6, 6.07) is 19.5. The van der Waals surface area contributed by atoms with Crippen LogP contribution in [0.1, 0.15) is 56.6 Å². The number of hydrogen-bond acceptors (Lipinski definition) is 5. The van der Waals surface area contributed by atoms with Gasteiger partial charge in [0.05, 0.1) is 25.4 Å². The van der Waals surface area contributed by atoms with Gasteiger partial charge in [-0.1, -0.05) is 61.3 Å². The van der Waals surface area contributed by atoms with Crippen molar-refractivity contribution in [3.8, 4) is 11.5 Å². The van der Waals surface area contributed by atoms with Gasteiger partial charge in [-0.3, -0.25) is 10.2 Å². The lowest BCUT2D eigenvalue weighted by Crippen LogP contribution is -2.49. The maximum Gasteiger partial charge on any atom is 0.330 e. The highest BCUT2D eigenvalue weighted by atomic mass is 35.5. The van der Waals surface area contributed by atoms with Crippen molar-refractivity contribution in [1.29, 1.82) is 0 Å². The molecule has 1 aliphatic rings. The van der Waals surface area contributed by atoms with E-state index in [4.69, 9.17) is 32.7 Å². The average Bonchev–Trinajstić information content (AvgIpc) is 3.19. The maximum absolute atomic E-state index is 13.4. The Labute approximate surface area is 234 Å². The van der Waals surface area contributed by atoms with Crippen LogP contribution in [0.3, 0.4) is 0 Å². The second kappa shape index (κ2) is 11.5. The number of carbonyl (C=O) groups is 1. The first-order valence-corrected chi connectivity index (χ1v) is 13.4. The molecule has 0 aromatic heterocycles. The summed E-state index contributed by atoms with van der Waals surface area (Å²) in [6.07, 6.45) is -0.571. The van der Waals surface area contributed by atoms with Crippen LogP contribution in [0, 0.1) is 5.92 Å². The molecule has 1 saturated heterocycles. The molecular weight excluding hydrogens is 523 g/mol. The molecule has 8 heteroatoms. The number of rotatable bonds is 9. The maximum atomic E-state index is 13.4. The van der Waals surface area contributed by atoms with Gasteiger partial charge in [-0.15, -0.1) is 0 Å². The van der Waals surface area contributed by atoms with Crippen molar-refractivity contribution in [1.82, 2.24) is 10.2 Å². The van der Waals surface area contributed by atoms with Crippen molar-refractivity contribution >= 4 is 29.2 Å². The minimum atomic E-state index is -1.49. The number of carboxylic acids is 1. The van der Waals surface area contributed by atoms with Crippen molar-refractivity contribution in [2.45, 2.75) is 51.5 Å². The van der Waals surface area contributed by atoms with Crippen LogP contribution in [0.4, 0.5) is 0 Å². The van der Waals surface area contributed by atoms with Gasteiger partial charge in [0.15, 0.2) is 5.54 Å². The van der Waals surface area contributed by atoms with Gasteiger partial charge in [0, 0.05) is 28.2 Å². The molecule has 6 nitrogen and oxygen atoms in total. The smallest absolute Gasteiger partial charge is 0.330 e. The summed E-state index contributed by atoms with van der Waals surface area (Å²) >= 11 is 12.5. The Morgan fingerprint density at radius 1 is 1.00 bits per heavy atom. The Morgan fingerprint density at radius 3 is 2.13 bits per heavy atom. The molecule has 0 bridgehead atoms. The molecule has 4 rings (SSSR count). The third kappa shape index (κ3) is 5.50. The Hall–Kier alpha value is -2.77. The van der Waals surface area contributed by atoms with E-state index in [2.05, 4.69) is 24.1 Å². The Bertz CT molecular complexity index is 1260. The van der Waals surface area contributed by atoms with E-state index in [1.54, 1.807) is 43.5 Å². The molecule has 1 fully saturated rings. The van der Waals surface area contributed by atoms with Crippen molar-refractivity contribution in [2.24, 2.45) is 5.92 Å². The SMILES string of the molecule is COc1ccc([C@H]2N[C@@](C(=O)O)(c3ccc(Cl)cc3)C(c3ccc(Cl)cc3)N2CC(C)C)c(OC(C)C)c1. The number of benzene rings is 3. The molecule has 0 aliphatic carbocycles. The number of carboxylic acid groups (broad SMARTS) is 1. The van der Waals surface area contributed by atoms with E-state index in [1.165, 1.54) is 0 Å². The first-order chi connectivity index (χ1) is 18.1. The molecule has 202 valence electrons. The Balaban J connectivity index is 2.00. The van der Waals surface area contributed by atoms with Gasteiger partial charge in [-0.05, 0) is 67.3 Å². The van der Waals surface area contributed by atoms with Crippen LogP contribution in [0.15, 0.2) is 66.7 Å². The lowest BCUT2D eigenvalue weighted by atomic mass is 9.80. The van der Waals surface area contributed by atoms with E-state index in [9.17, 15) is 9.90 Å². The quantitative estimate of drug-likeness (QED) is 0.293. The molecule has 1 unspecified atom stereocenters. The molecular formula is C30H34Cl2N2O4. The van der Waals surface area contributed by atoms with E-state index >= 15 is 0 Å². The molecule has 0 amide bonds. The van der Waals surface area contributed by atoms with Gasteiger partial charge >= 0.3 is 5.97 Å². The summed E-state index contributed by atoms with van der Waals surface area (Å²) in [4.78, 5) is 15.6. The fourth-order valence-corrected chi connectivity index (χ4v) is 5.48. The van der Waals surface area contributed by atoms with E-state index in [0.29, 0.717) is 33.7 Å². The fraction of sp³-hybridized carbons (Fsp3) is 0.367. The number of nitrogens with one attached hydrogen (secondary N) is 1. The van der Waals surface area contributed by atoms with Gasteiger partial charge in [-0.2, -0.15) is 0 Å². The zero-order valence-electron chi connectivity index (χ0n) is 22.2. The first-order valence-electron chi connectivity index (χ1n) is 12.7. The van der Waals surface area contributed by atoms with Gasteiger partial charge < -0.3 is 14.6 Å². The molecule has 1 aliphatic heterocycles. The summed E-state index contributed by atoms with van der Waals surface area (Å²) < 4.78 is 11.7. The number of halogens is 2. The number of aliphatic carboxylic acids is 1. The third-order valence-corrected chi connectivity index (χ3v) is 7.22. The molecule has 3 aromatic carbocycles. The minimum absolute atomic E-state index is 0.0895.